The van der Waals surface area contributed by atoms with Crippen LogP contribution in [-0.2, 0) is 13.0 Å². The Hall–Kier alpha value is -0.714. The van der Waals surface area contributed by atoms with Crippen molar-refractivity contribution in [1.82, 2.24) is 0 Å². The molecule has 1 atom stereocenters. The largest absolute Gasteiger partial charge is 2.00 e. The summed E-state index contributed by atoms with van der Waals surface area (Å²) in [6.45, 7) is 13.3. The molecule has 1 aliphatic heterocycles. The molecule has 0 aliphatic carbocycles. The molecule has 142 valence electrons. The Morgan fingerprint density at radius 2 is 1.74 bits per heavy atom. The monoisotopic (exact) mass is 440 g/mol. The number of benzene rings is 2. The van der Waals surface area contributed by atoms with Crippen molar-refractivity contribution < 1.29 is 26.5 Å². The molecule has 0 fully saturated rings. The molecular weight excluding hydrogens is 412 g/mol. The van der Waals surface area contributed by atoms with Crippen molar-refractivity contribution in [3.63, 3.8) is 0 Å². The molecule has 1 heterocycles. The van der Waals surface area contributed by atoms with E-state index < -0.39 is 0 Å². The van der Waals surface area contributed by atoms with E-state index in [0.717, 1.165) is 37.2 Å². The Balaban J connectivity index is 0.00000182. The van der Waals surface area contributed by atoms with Crippen LogP contribution in [0.3, 0.4) is 0 Å². The molecule has 2 aromatic carbocycles. The topological polar surface area (TPSA) is 18.5 Å². The van der Waals surface area contributed by atoms with Gasteiger partial charge in [0.25, 0.3) is 0 Å². The molecular formula is C23H29BrMgO2. The van der Waals surface area contributed by atoms with Crippen LogP contribution in [0, 0.1) is 27.7 Å². The Bertz CT molecular complexity index is 761. The molecule has 0 unspecified atom stereocenters. The maximum Gasteiger partial charge on any atom is 2.00 e. The van der Waals surface area contributed by atoms with E-state index in [-0.39, 0.29) is 45.6 Å². The molecule has 4 heteroatoms. The summed E-state index contributed by atoms with van der Waals surface area (Å²) in [6.07, 6.45) is 3.98. The van der Waals surface area contributed by atoms with Crippen molar-refractivity contribution in [2.24, 2.45) is 0 Å². The van der Waals surface area contributed by atoms with Crippen molar-refractivity contribution >= 4 is 23.1 Å². The third-order valence-electron chi connectivity index (χ3n) is 5.49. The summed E-state index contributed by atoms with van der Waals surface area (Å²) in [5.74, 6) is 2.09. The zero-order chi connectivity index (χ0) is 18.0. The molecule has 0 bridgehead atoms. The maximum atomic E-state index is 6.47. The van der Waals surface area contributed by atoms with Gasteiger partial charge in [0.1, 0.15) is 23.7 Å². The van der Waals surface area contributed by atoms with E-state index in [0.29, 0.717) is 6.61 Å². The number of halogens is 1. The standard InChI is InChI=1S/C23H29O2.BrH.Mg/c1-6-13-23(5)14-12-20-18(4)21(16(2)17(3)22(20)25-23)24-15-19-10-8-7-9-11-19;;/h7-11H,1,6,12-15H2,2-5H3;1H;/q-1;;+2/p-1/t23-;;/m1../s1. The zero-order valence-electron chi connectivity index (χ0n) is 17.0. The molecule has 0 N–H and O–H groups in total. The van der Waals surface area contributed by atoms with Gasteiger partial charge in [0.15, 0.2) is 0 Å². The molecule has 2 nitrogen and oxygen atoms in total. The minimum Gasteiger partial charge on any atom is -1.00 e. The van der Waals surface area contributed by atoms with Gasteiger partial charge in [-0.15, -0.1) is 0 Å². The van der Waals surface area contributed by atoms with Gasteiger partial charge in [-0.05, 0) is 69.2 Å². The van der Waals surface area contributed by atoms with E-state index in [1.165, 1.54) is 27.8 Å². The van der Waals surface area contributed by atoms with Gasteiger partial charge < -0.3 is 33.4 Å². The van der Waals surface area contributed by atoms with Crippen molar-refractivity contribution in [2.75, 3.05) is 0 Å². The van der Waals surface area contributed by atoms with Crippen LogP contribution in [0.5, 0.6) is 11.5 Å². The third kappa shape index (κ3) is 5.21. The summed E-state index contributed by atoms with van der Waals surface area (Å²) in [4.78, 5) is 0. The number of ether oxygens (including phenoxy) is 2. The van der Waals surface area contributed by atoms with Gasteiger partial charge in [-0.2, -0.15) is 6.42 Å². The van der Waals surface area contributed by atoms with Crippen molar-refractivity contribution in [3.05, 3.63) is 65.1 Å². The number of hydrogen-bond acceptors (Lipinski definition) is 2. The first-order valence-electron chi connectivity index (χ1n) is 9.23. The van der Waals surface area contributed by atoms with Crippen molar-refractivity contribution in [2.45, 2.75) is 65.6 Å². The number of hydrogen-bond donors (Lipinski definition) is 0. The summed E-state index contributed by atoms with van der Waals surface area (Å²) in [5.41, 5.74) is 6.03. The van der Waals surface area contributed by atoms with E-state index in [4.69, 9.17) is 9.47 Å². The van der Waals surface area contributed by atoms with Gasteiger partial charge in [-0.1, -0.05) is 30.3 Å². The second-order valence-electron chi connectivity index (χ2n) is 7.44. The van der Waals surface area contributed by atoms with Crippen LogP contribution in [0.15, 0.2) is 30.3 Å². The van der Waals surface area contributed by atoms with Crippen LogP contribution in [-0.4, -0.2) is 28.7 Å². The Kier molecular flexibility index (Phi) is 9.17. The Labute approximate surface area is 191 Å². The molecule has 0 aromatic heterocycles. The summed E-state index contributed by atoms with van der Waals surface area (Å²) in [5, 5.41) is 0. The predicted octanol–water partition coefficient (Wildman–Crippen LogP) is 2.51. The fourth-order valence-electron chi connectivity index (χ4n) is 3.78. The quantitative estimate of drug-likeness (QED) is 0.524. The van der Waals surface area contributed by atoms with Crippen LogP contribution in [0.1, 0.15) is 54.0 Å². The van der Waals surface area contributed by atoms with Gasteiger partial charge in [0, 0.05) is 5.56 Å². The normalized spacial score (nSPS) is 17.8. The molecule has 27 heavy (non-hydrogen) atoms. The fraction of sp³-hybridized carbons (Fsp3) is 0.435. The maximum absolute atomic E-state index is 6.47. The molecule has 3 rings (SSSR count). The van der Waals surface area contributed by atoms with E-state index >= 15 is 0 Å². The Morgan fingerprint density at radius 1 is 1.07 bits per heavy atom. The number of fused-ring (bicyclic) bond motifs is 1. The molecule has 0 amide bonds. The fourth-order valence-corrected chi connectivity index (χ4v) is 3.78. The van der Waals surface area contributed by atoms with E-state index in [2.05, 4.69) is 46.8 Å². The second kappa shape index (κ2) is 10.2. The van der Waals surface area contributed by atoms with Gasteiger partial charge in [-0.3, -0.25) is 0 Å². The van der Waals surface area contributed by atoms with Crippen molar-refractivity contribution in [1.29, 1.82) is 0 Å². The summed E-state index contributed by atoms with van der Waals surface area (Å²) in [7, 11) is 0. The molecule has 1 aliphatic rings. The summed E-state index contributed by atoms with van der Waals surface area (Å²) in [6, 6.07) is 10.3. The van der Waals surface area contributed by atoms with Gasteiger partial charge in [-0.25, -0.2) is 0 Å². The van der Waals surface area contributed by atoms with Crippen LogP contribution in [0.25, 0.3) is 0 Å². The molecule has 0 radical (unpaired) electrons. The average Bonchev–Trinajstić information content (AvgIpc) is 2.60. The first-order chi connectivity index (χ1) is 11.9. The SMILES string of the molecule is [Br-].[CH2-]CC[C@]1(C)CCc2c(C)c(OCc3ccccc3)c(C)c(C)c2O1.[Mg+2]. The second-order valence-corrected chi connectivity index (χ2v) is 7.44. The first kappa shape index (κ1) is 24.3. The predicted molar refractivity (Wildman–Crippen MR) is 109 cm³/mol. The van der Waals surface area contributed by atoms with Gasteiger partial charge in [0.05, 0.1) is 0 Å². The third-order valence-corrected chi connectivity index (χ3v) is 5.49. The number of rotatable bonds is 5. The molecule has 0 spiro atoms. The van der Waals surface area contributed by atoms with Crippen LogP contribution in [0.2, 0.25) is 0 Å². The average molecular weight is 442 g/mol. The van der Waals surface area contributed by atoms with Crippen LogP contribution in [0.4, 0.5) is 0 Å². The smallest absolute Gasteiger partial charge is 1.00 e. The van der Waals surface area contributed by atoms with E-state index in [1.807, 2.05) is 18.2 Å². The van der Waals surface area contributed by atoms with Gasteiger partial charge >= 0.3 is 23.1 Å². The summed E-state index contributed by atoms with van der Waals surface area (Å²) < 4.78 is 12.7. The van der Waals surface area contributed by atoms with Crippen LogP contribution < -0.4 is 26.5 Å². The molecule has 0 saturated carbocycles. The first-order valence-corrected chi connectivity index (χ1v) is 9.23. The Morgan fingerprint density at radius 3 is 2.37 bits per heavy atom. The zero-order valence-corrected chi connectivity index (χ0v) is 20.0. The minimum atomic E-state index is -0.0925. The van der Waals surface area contributed by atoms with Gasteiger partial charge in [0.2, 0.25) is 0 Å². The van der Waals surface area contributed by atoms with Crippen molar-refractivity contribution in [3.8, 4) is 11.5 Å². The van der Waals surface area contributed by atoms with E-state index in [1.54, 1.807) is 0 Å². The molecule has 0 saturated heterocycles. The van der Waals surface area contributed by atoms with E-state index in [9.17, 15) is 0 Å². The minimum absolute atomic E-state index is 0. The summed E-state index contributed by atoms with van der Waals surface area (Å²) >= 11 is 0. The van der Waals surface area contributed by atoms with Crippen LogP contribution >= 0.6 is 0 Å². The molecule has 2 aromatic rings.